The molecule has 0 aliphatic rings. The van der Waals surface area contributed by atoms with Gasteiger partial charge in [-0.3, -0.25) is 0 Å². The van der Waals surface area contributed by atoms with Crippen LogP contribution in [0.15, 0.2) is 24.3 Å². The van der Waals surface area contributed by atoms with E-state index in [1.165, 1.54) is 93.2 Å². The summed E-state index contributed by atoms with van der Waals surface area (Å²) in [5.74, 6) is 0. The number of aryl methyl sites for hydroxylation is 1. The van der Waals surface area contributed by atoms with Crippen LogP contribution < -0.4 is 0 Å². The first kappa shape index (κ1) is 35.1. The van der Waals surface area contributed by atoms with E-state index in [0.29, 0.717) is 0 Å². The zero-order valence-electron chi connectivity index (χ0n) is 27.0. The summed E-state index contributed by atoms with van der Waals surface area (Å²) in [5.41, 5.74) is 2.84. The lowest BCUT2D eigenvalue weighted by Crippen LogP contribution is -2.41. The Kier molecular flexibility index (Phi) is 16.4. The second-order valence-electron chi connectivity index (χ2n) is 14.9. The molecular weight excluding hydrogens is 440 g/mol. The second kappa shape index (κ2) is 16.8. The Morgan fingerprint density at radius 2 is 0.750 bits per heavy atom. The van der Waals surface area contributed by atoms with Crippen LogP contribution in [0.2, 0.25) is 0 Å². The van der Waals surface area contributed by atoms with E-state index in [1.807, 2.05) is 0 Å². The molecule has 0 spiro atoms. The maximum absolute atomic E-state index is 2.41. The highest BCUT2D eigenvalue weighted by molar-refractivity contribution is 5.21. The van der Waals surface area contributed by atoms with Gasteiger partial charge in [0.2, 0.25) is 0 Å². The van der Waals surface area contributed by atoms with Crippen molar-refractivity contribution in [2.45, 2.75) is 71.3 Å². The van der Waals surface area contributed by atoms with Gasteiger partial charge in [0.05, 0.1) is 104 Å². The molecule has 1 aromatic rings. The maximum Gasteiger partial charge on any atom is 0.104 e. The molecule has 0 radical (unpaired) electrons. The molecule has 0 unspecified atom stereocenters. The van der Waals surface area contributed by atoms with E-state index in [-0.39, 0.29) is 0 Å². The molecule has 0 aromatic heterocycles. The third-order valence-electron chi connectivity index (χ3n) is 6.77. The van der Waals surface area contributed by atoms with Crippen molar-refractivity contribution in [3.63, 3.8) is 0 Å². The van der Waals surface area contributed by atoms with Gasteiger partial charge in [-0.05, 0) is 63.4 Å². The summed E-state index contributed by atoms with van der Waals surface area (Å²) >= 11 is 0. The first-order valence-electron chi connectivity index (χ1n) is 14.7. The van der Waals surface area contributed by atoms with Gasteiger partial charge in [0.15, 0.2) is 0 Å². The largest absolute Gasteiger partial charge is 0.331 e. The van der Waals surface area contributed by atoms with Crippen molar-refractivity contribution < 1.29 is 17.9 Å². The van der Waals surface area contributed by atoms with Crippen molar-refractivity contribution >= 4 is 0 Å². The minimum absolute atomic E-state index is 0.992. The lowest BCUT2D eigenvalue weighted by molar-refractivity contribution is -0.890. The van der Waals surface area contributed by atoms with Crippen LogP contribution in [0.1, 0.15) is 69.4 Å². The van der Waals surface area contributed by atoms with E-state index in [4.69, 9.17) is 0 Å². The maximum atomic E-state index is 2.41. The van der Waals surface area contributed by atoms with E-state index in [1.54, 1.807) is 0 Å². The fraction of sp³-hybridized carbons (Fsp3) is 0.812. The molecule has 212 valence electrons. The summed E-state index contributed by atoms with van der Waals surface area (Å²) in [6.07, 6.45) is 12.3. The highest BCUT2D eigenvalue weighted by atomic mass is 15.3. The summed E-state index contributed by atoms with van der Waals surface area (Å²) in [5, 5.41) is 0. The van der Waals surface area contributed by atoms with Crippen LogP contribution in [-0.2, 0) is 13.0 Å². The topological polar surface area (TPSA) is 0 Å². The van der Waals surface area contributed by atoms with Crippen LogP contribution in [-0.4, -0.2) is 122 Å². The average molecular weight is 509 g/mol. The minimum Gasteiger partial charge on any atom is -0.331 e. The normalized spacial score (nSPS) is 12.9. The number of nitrogens with zero attached hydrogens (tertiary/aromatic N) is 4. The van der Waals surface area contributed by atoms with Crippen molar-refractivity contribution in [2.75, 3.05) is 104 Å². The summed E-state index contributed by atoms with van der Waals surface area (Å²) in [6.45, 7) is 8.61. The van der Waals surface area contributed by atoms with Gasteiger partial charge in [0.25, 0.3) is 0 Å². The first-order chi connectivity index (χ1) is 16.4. The fourth-order valence-electron chi connectivity index (χ4n) is 4.50. The Morgan fingerprint density at radius 1 is 0.417 bits per heavy atom. The summed E-state index contributed by atoms with van der Waals surface area (Å²) in [4.78, 5) is 0. The van der Waals surface area contributed by atoms with E-state index in [9.17, 15) is 0 Å². The molecule has 0 fully saturated rings. The summed E-state index contributed by atoms with van der Waals surface area (Å²) in [6, 6.07) is 8.93. The highest BCUT2D eigenvalue weighted by Gasteiger charge is 2.14. The number of rotatable bonds is 17. The molecule has 0 bridgehead atoms. The van der Waals surface area contributed by atoms with Gasteiger partial charge in [-0.2, -0.15) is 0 Å². The van der Waals surface area contributed by atoms with E-state index >= 15 is 0 Å². The zero-order chi connectivity index (χ0) is 27.9. The molecule has 0 N–H and O–H groups in total. The monoisotopic (exact) mass is 509 g/mol. The molecule has 0 heterocycles. The SMILES string of the molecule is CCc1ccc(C[N+](C)(C)C)cc1.C[N+](C)(C)CCCCCC[N+](C)(C)CCCCCC[N+](C)(C)C. The molecule has 0 amide bonds. The summed E-state index contributed by atoms with van der Waals surface area (Å²) in [7, 11) is 25.2. The molecule has 4 heteroatoms. The molecule has 0 aliphatic carbocycles. The van der Waals surface area contributed by atoms with Gasteiger partial charge in [0, 0.05) is 5.56 Å². The number of hydrogen-bond donors (Lipinski definition) is 0. The van der Waals surface area contributed by atoms with Crippen molar-refractivity contribution in [2.24, 2.45) is 0 Å². The van der Waals surface area contributed by atoms with Gasteiger partial charge in [-0.25, -0.2) is 0 Å². The van der Waals surface area contributed by atoms with Crippen molar-refractivity contribution in [1.82, 2.24) is 0 Å². The quantitative estimate of drug-likeness (QED) is 0.177. The Bertz CT molecular complexity index is 629. The smallest absolute Gasteiger partial charge is 0.104 e. The molecule has 36 heavy (non-hydrogen) atoms. The molecule has 1 aromatic carbocycles. The van der Waals surface area contributed by atoms with Crippen LogP contribution in [0.5, 0.6) is 0 Å². The third kappa shape index (κ3) is 23.5. The average Bonchev–Trinajstić information content (AvgIpc) is 2.71. The van der Waals surface area contributed by atoms with Gasteiger partial charge < -0.3 is 17.9 Å². The zero-order valence-corrected chi connectivity index (χ0v) is 27.0. The lowest BCUT2D eigenvalue weighted by Gasteiger charge is -2.30. The molecular formula is C32H68N4+4. The van der Waals surface area contributed by atoms with Gasteiger partial charge in [-0.1, -0.05) is 31.2 Å². The van der Waals surface area contributed by atoms with Gasteiger partial charge >= 0.3 is 0 Å². The predicted octanol–water partition coefficient (Wildman–Crippen LogP) is 6.05. The van der Waals surface area contributed by atoms with Crippen LogP contribution in [0, 0.1) is 0 Å². The van der Waals surface area contributed by atoms with Crippen molar-refractivity contribution in [1.29, 1.82) is 0 Å². The summed E-state index contributed by atoms with van der Waals surface area (Å²) < 4.78 is 4.42. The van der Waals surface area contributed by atoms with Crippen LogP contribution in [0.4, 0.5) is 0 Å². The third-order valence-corrected chi connectivity index (χ3v) is 6.77. The van der Waals surface area contributed by atoms with E-state index < -0.39 is 0 Å². The Hall–Kier alpha value is -0.940. The Balaban J connectivity index is 0.000000790. The van der Waals surface area contributed by atoms with E-state index in [0.717, 1.165) is 26.4 Å². The molecule has 0 atom stereocenters. The number of unbranched alkanes of at least 4 members (excludes halogenated alkanes) is 6. The van der Waals surface area contributed by atoms with Gasteiger partial charge in [0.1, 0.15) is 6.54 Å². The molecule has 4 nitrogen and oxygen atoms in total. The minimum atomic E-state index is 0.992. The molecule has 0 aliphatic heterocycles. The standard InChI is InChI=1S/C20H48N3.C12H20N/c1-21(2,3)17-13-9-11-15-19-23(7,8)20-16-12-10-14-18-22(4,5)6;1-5-11-6-8-12(9-7-11)10-13(2,3)4/h9-20H2,1-8H3;6-9H,5,10H2,1-4H3/q+3;+1. The second-order valence-corrected chi connectivity index (χ2v) is 14.9. The lowest BCUT2D eigenvalue weighted by atomic mass is 10.1. The van der Waals surface area contributed by atoms with Crippen molar-refractivity contribution in [3.05, 3.63) is 35.4 Å². The fourth-order valence-corrected chi connectivity index (χ4v) is 4.50. The van der Waals surface area contributed by atoms with Crippen LogP contribution in [0.3, 0.4) is 0 Å². The first-order valence-corrected chi connectivity index (χ1v) is 14.7. The Morgan fingerprint density at radius 3 is 1.06 bits per heavy atom. The van der Waals surface area contributed by atoms with E-state index in [2.05, 4.69) is 109 Å². The number of benzene rings is 1. The molecule has 0 saturated heterocycles. The molecule has 1 rings (SSSR count). The van der Waals surface area contributed by atoms with Gasteiger partial charge in [-0.15, -0.1) is 0 Å². The van der Waals surface area contributed by atoms with Crippen molar-refractivity contribution in [3.8, 4) is 0 Å². The Labute approximate surface area is 228 Å². The number of hydrogen-bond acceptors (Lipinski definition) is 0. The number of quaternary nitrogens is 4. The molecule has 0 saturated carbocycles. The van der Waals surface area contributed by atoms with Crippen LogP contribution >= 0.6 is 0 Å². The highest BCUT2D eigenvalue weighted by Crippen LogP contribution is 2.11. The van der Waals surface area contributed by atoms with Crippen LogP contribution in [0.25, 0.3) is 0 Å². The predicted molar refractivity (Wildman–Crippen MR) is 162 cm³/mol.